The maximum absolute atomic E-state index is 2.54. The van der Waals surface area contributed by atoms with E-state index in [0.29, 0.717) is 0 Å². The summed E-state index contributed by atoms with van der Waals surface area (Å²) in [4.78, 5) is 2.32. The number of fused-ring (bicyclic) bond motifs is 2. The van der Waals surface area contributed by atoms with Crippen LogP contribution in [0.4, 0.5) is 5.69 Å². The number of benzene rings is 2. The number of hydrogen-bond acceptors (Lipinski definition) is 1. The molecule has 0 saturated carbocycles. The molecule has 0 aliphatic carbocycles. The van der Waals surface area contributed by atoms with Crippen LogP contribution in [-0.2, 0) is 6.54 Å². The van der Waals surface area contributed by atoms with Gasteiger partial charge in [0.25, 0.3) is 0 Å². The minimum absolute atomic E-state index is 0.0408. The van der Waals surface area contributed by atoms with Gasteiger partial charge in [0.2, 0.25) is 0 Å². The van der Waals surface area contributed by atoms with Crippen LogP contribution >= 0.6 is 0 Å². The summed E-state index contributed by atoms with van der Waals surface area (Å²) in [6.45, 7) is 1.03. The van der Waals surface area contributed by atoms with Gasteiger partial charge in [0, 0.05) is 0 Å². The second-order valence-electron chi connectivity index (χ2n) is 4.28. The zero-order valence-corrected chi connectivity index (χ0v) is 12.5. The SMILES string of the molecule is C[I-]N1Cc2ccccc2/C=C\c2ccccc21. The molecule has 92 valence electrons. The third kappa shape index (κ3) is 2.17. The topological polar surface area (TPSA) is 3.24 Å². The summed E-state index contributed by atoms with van der Waals surface area (Å²) in [6, 6.07) is 17.4. The van der Waals surface area contributed by atoms with Crippen molar-refractivity contribution in [1.82, 2.24) is 0 Å². The monoisotopic (exact) mass is 348 g/mol. The molecule has 2 heteroatoms. The summed E-state index contributed by atoms with van der Waals surface area (Å²) in [5.74, 6) is 0. The van der Waals surface area contributed by atoms with Crippen molar-refractivity contribution in [2.75, 3.05) is 8.04 Å². The van der Waals surface area contributed by atoms with Crippen molar-refractivity contribution in [3.05, 3.63) is 65.2 Å². The molecule has 0 bridgehead atoms. The molecule has 1 heterocycles. The molecule has 0 aromatic heterocycles. The van der Waals surface area contributed by atoms with Crippen LogP contribution in [0.15, 0.2) is 48.5 Å². The third-order valence-corrected chi connectivity index (χ3v) is 5.23. The summed E-state index contributed by atoms with van der Waals surface area (Å²) in [5, 5.41) is 0. The molecule has 0 fully saturated rings. The van der Waals surface area contributed by atoms with E-state index in [1.54, 1.807) is 0 Å². The first-order valence-electron chi connectivity index (χ1n) is 6.01. The standard InChI is InChI=1S/C16H15IN/c1-17-18-12-15-8-3-2-6-13(15)10-11-14-7-4-5-9-16(14)18/h2-11H,12H2,1H3/q-1/b11-10-. The molecule has 0 unspecified atom stereocenters. The van der Waals surface area contributed by atoms with Gasteiger partial charge in [-0.25, -0.2) is 0 Å². The minimum atomic E-state index is 0.0408. The predicted molar refractivity (Wildman–Crippen MR) is 73.9 cm³/mol. The van der Waals surface area contributed by atoms with Gasteiger partial charge >= 0.3 is 119 Å². The zero-order valence-electron chi connectivity index (χ0n) is 10.3. The van der Waals surface area contributed by atoms with Crippen molar-refractivity contribution in [1.29, 1.82) is 0 Å². The first-order chi connectivity index (χ1) is 8.88. The Kier molecular flexibility index (Phi) is 3.37. The molecule has 0 amide bonds. The molecule has 18 heavy (non-hydrogen) atoms. The van der Waals surface area contributed by atoms with Crippen LogP contribution in [0.5, 0.6) is 0 Å². The first kappa shape index (κ1) is 11.8. The Morgan fingerprint density at radius 3 is 2.39 bits per heavy atom. The van der Waals surface area contributed by atoms with Crippen molar-refractivity contribution >= 4 is 17.8 Å². The second-order valence-corrected chi connectivity index (χ2v) is 6.41. The number of halogens is 1. The van der Waals surface area contributed by atoms with E-state index in [9.17, 15) is 0 Å². The normalized spacial score (nSPS) is 15.5. The van der Waals surface area contributed by atoms with Gasteiger partial charge in [0.1, 0.15) is 0 Å². The first-order valence-corrected chi connectivity index (χ1v) is 9.13. The van der Waals surface area contributed by atoms with E-state index in [1.165, 1.54) is 22.4 Å². The van der Waals surface area contributed by atoms with Crippen molar-refractivity contribution in [3.63, 3.8) is 0 Å². The van der Waals surface area contributed by atoms with E-state index in [2.05, 4.69) is 68.7 Å². The molecule has 2 aromatic carbocycles. The summed E-state index contributed by atoms with van der Waals surface area (Å²) in [6.07, 6.45) is 4.47. The number of hydrogen-bond donors (Lipinski definition) is 0. The van der Waals surface area contributed by atoms with E-state index in [-0.39, 0.29) is 21.5 Å². The van der Waals surface area contributed by atoms with Gasteiger partial charge < -0.3 is 0 Å². The van der Waals surface area contributed by atoms with Crippen LogP contribution in [0.25, 0.3) is 12.2 Å². The number of rotatable bonds is 1. The molecular weight excluding hydrogens is 333 g/mol. The number of para-hydroxylation sites is 1. The summed E-state index contributed by atoms with van der Waals surface area (Å²) >= 11 is 0.0408. The van der Waals surface area contributed by atoms with Gasteiger partial charge in [0.05, 0.1) is 0 Å². The average molecular weight is 348 g/mol. The summed E-state index contributed by atoms with van der Waals surface area (Å²) < 4.78 is 2.54. The van der Waals surface area contributed by atoms with Gasteiger partial charge in [-0.15, -0.1) is 0 Å². The molecule has 0 atom stereocenters. The van der Waals surface area contributed by atoms with Gasteiger partial charge in [0.15, 0.2) is 0 Å². The van der Waals surface area contributed by atoms with E-state index in [0.717, 1.165) is 6.54 Å². The maximum atomic E-state index is 2.54. The predicted octanol–water partition coefficient (Wildman–Crippen LogP) is 0.811. The molecular formula is C16H15IN-. The molecule has 1 aliphatic heterocycles. The van der Waals surface area contributed by atoms with Crippen LogP contribution < -0.4 is 24.6 Å². The fraction of sp³-hybridized carbons (Fsp3) is 0.125. The molecule has 0 radical (unpaired) electrons. The quantitative estimate of drug-likeness (QED) is 0.419. The van der Waals surface area contributed by atoms with E-state index < -0.39 is 0 Å². The van der Waals surface area contributed by atoms with Gasteiger partial charge in [-0.05, 0) is 0 Å². The Balaban J connectivity index is 2.15. The molecule has 2 aromatic rings. The van der Waals surface area contributed by atoms with Crippen molar-refractivity contribution in [2.45, 2.75) is 6.54 Å². The fourth-order valence-electron chi connectivity index (χ4n) is 2.26. The fourth-order valence-corrected chi connectivity index (χ4v) is 3.92. The number of alkyl halides is 1. The van der Waals surface area contributed by atoms with Gasteiger partial charge in [-0.2, -0.15) is 0 Å². The Morgan fingerprint density at radius 2 is 1.56 bits per heavy atom. The summed E-state index contributed by atoms with van der Waals surface area (Å²) in [5.41, 5.74) is 5.46. The third-order valence-electron chi connectivity index (χ3n) is 3.21. The van der Waals surface area contributed by atoms with Gasteiger partial charge in [-0.1, -0.05) is 0 Å². The Hall–Kier alpha value is -1.29. The van der Waals surface area contributed by atoms with E-state index in [1.807, 2.05) is 0 Å². The molecule has 0 saturated heterocycles. The van der Waals surface area contributed by atoms with Crippen LogP contribution in [0.2, 0.25) is 0 Å². The van der Waals surface area contributed by atoms with E-state index >= 15 is 0 Å². The number of anilines is 1. The summed E-state index contributed by atoms with van der Waals surface area (Å²) in [7, 11) is 0. The van der Waals surface area contributed by atoms with Crippen LogP contribution in [-0.4, -0.2) is 4.93 Å². The van der Waals surface area contributed by atoms with Crippen LogP contribution in [0.1, 0.15) is 16.7 Å². The molecule has 0 N–H and O–H groups in total. The van der Waals surface area contributed by atoms with Crippen LogP contribution in [0.3, 0.4) is 0 Å². The second kappa shape index (κ2) is 5.14. The Bertz CT molecular complexity index is 589. The molecule has 0 spiro atoms. The van der Waals surface area contributed by atoms with Gasteiger partial charge in [-0.3, -0.25) is 0 Å². The average Bonchev–Trinajstić information content (AvgIpc) is 2.41. The molecule has 1 aliphatic rings. The zero-order chi connectivity index (χ0) is 12.4. The number of nitrogens with zero attached hydrogens (tertiary/aromatic N) is 1. The van der Waals surface area contributed by atoms with Crippen LogP contribution in [0, 0.1) is 0 Å². The van der Waals surface area contributed by atoms with E-state index in [4.69, 9.17) is 0 Å². The van der Waals surface area contributed by atoms with Crippen molar-refractivity contribution in [2.24, 2.45) is 0 Å². The van der Waals surface area contributed by atoms with Crippen molar-refractivity contribution in [3.8, 4) is 0 Å². The molecule has 3 rings (SSSR count). The Labute approximate surface area is 119 Å². The Morgan fingerprint density at radius 1 is 0.889 bits per heavy atom. The van der Waals surface area contributed by atoms with Crippen molar-refractivity contribution < 1.29 is 21.5 Å². The molecule has 1 nitrogen and oxygen atoms in total.